The van der Waals surface area contributed by atoms with Gasteiger partial charge in [0.05, 0.1) is 0 Å². The average molecular weight is 190 g/mol. The van der Waals surface area contributed by atoms with E-state index >= 15 is 0 Å². The van der Waals surface area contributed by atoms with Gasteiger partial charge in [0.1, 0.15) is 5.82 Å². The number of hydrogen-bond donors (Lipinski definition) is 1. The molecule has 1 N–H and O–H groups in total. The minimum absolute atomic E-state index is 0.628. The van der Waals surface area contributed by atoms with E-state index in [1.165, 1.54) is 24.8 Å². The van der Waals surface area contributed by atoms with Gasteiger partial charge < -0.3 is 5.32 Å². The van der Waals surface area contributed by atoms with Crippen molar-refractivity contribution in [3.63, 3.8) is 0 Å². The molecule has 1 aliphatic rings. The van der Waals surface area contributed by atoms with Crippen molar-refractivity contribution in [3.05, 3.63) is 23.9 Å². The Morgan fingerprint density at radius 3 is 2.93 bits per heavy atom. The number of nitrogens with zero attached hydrogens (tertiary/aromatic N) is 1. The van der Waals surface area contributed by atoms with Crippen LogP contribution in [0.25, 0.3) is 0 Å². The number of hydrogen-bond acceptors (Lipinski definition) is 2. The maximum Gasteiger partial charge on any atom is 0.129 e. The molecule has 1 aromatic heterocycles. The molecular formula is C12H18N2. The second kappa shape index (κ2) is 3.99. The van der Waals surface area contributed by atoms with Gasteiger partial charge in [-0.3, -0.25) is 0 Å². The number of nitrogens with one attached hydrogen (secondary N) is 1. The van der Waals surface area contributed by atoms with Crippen LogP contribution >= 0.6 is 0 Å². The fourth-order valence-corrected chi connectivity index (χ4v) is 2.17. The van der Waals surface area contributed by atoms with E-state index in [9.17, 15) is 0 Å². The van der Waals surface area contributed by atoms with Crippen LogP contribution in [0.3, 0.4) is 0 Å². The van der Waals surface area contributed by atoms with Crippen LogP contribution in [-0.2, 0) is 0 Å². The van der Waals surface area contributed by atoms with Crippen LogP contribution in [0.2, 0.25) is 0 Å². The molecule has 1 aromatic rings. The lowest BCUT2D eigenvalue weighted by molar-refractivity contribution is 0.554. The van der Waals surface area contributed by atoms with Crippen LogP contribution in [0.5, 0.6) is 0 Å². The van der Waals surface area contributed by atoms with Crippen LogP contribution in [0.15, 0.2) is 18.3 Å². The number of aryl methyl sites for hydroxylation is 1. The van der Waals surface area contributed by atoms with Gasteiger partial charge in [-0.25, -0.2) is 4.98 Å². The Hall–Kier alpha value is -1.05. The standard InChI is InChI=1S/C12H18N2/c1-9-5-3-7-11(9)14-12-10(2)6-4-8-13-12/h4,6,8-9,11H,3,5,7H2,1-2H3,(H,13,14). The number of anilines is 1. The van der Waals surface area contributed by atoms with Gasteiger partial charge in [0, 0.05) is 12.2 Å². The van der Waals surface area contributed by atoms with Gasteiger partial charge in [-0.1, -0.05) is 19.4 Å². The Kier molecular flexibility index (Phi) is 2.71. The fourth-order valence-electron chi connectivity index (χ4n) is 2.17. The van der Waals surface area contributed by atoms with Gasteiger partial charge in [-0.2, -0.15) is 0 Å². The van der Waals surface area contributed by atoms with Gasteiger partial charge in [-0.05, 0) is 37.3 Å². The summed E-state index contributed by atoms with van der Waals surface area (Å²) in [6, 6.07) is 4.72. The molecule has 1 aliphatic carbocycles. The molecular weight excluding hydrogens is 172 g/mol. The first-order valence-electron chi connectivity index (χ1n) is 5.45. The van der Waals surface area contributed by atoms with Crippen molar-refractivity contribution in [2.45, 2.75) is 39.2 Å². The summed E-state index contributed by atoms with van der Waals surface area (Å²) < 4.78 is 0. The summed E-state index contributed by atoms with van der Waals surface area (Å²) in [4.78, 5) is 4.37. The van der Waals surface area contributed by atoms with Crippen molar-refractivity contribution in [2.75, 3.05) is 5.32 Å². The first kappa shape index (κ1) is 9.50. The summed E-state index contributed by atoms with van der Waals surface area (Å²) in [5.41, 5.74) is 1.24. The van der Waals surface area contributed by atoms with E-state index in [1.807, 2.05) is 12.3 Å². The number of pyridine rings is 1. The summed E-state index contributed by atoms with van der Waals surface area (Å²) >= 11 is 0. The Morgan fingerprint density at radius 2 is 2.29 bits per heavy atom. The molecule has 2 heteroatoms. The molecule has 2 rings (SSSR count). The molecule has 0 saturated heterocycles. The highest BCUT2D eigenvalue weighted by Gasteiger charge is 2.23. The monoisotopic (exact) mass is 190 g/mol. The smallest absolute Gasteiger partial charge is 0.129 e. The minimum atomic E-state index is 0.628. The van der Waals surface area contributed by atoms with Crippen molar-refractivity contribution in [2.24, 2.45) is 5.92 Å². The van der Waals surface area contributed by atoms with Crippen molar-refractivity contribution in [3.8, 4) is 0 Å². The molecule has 14 heavy (non-hydrogen) atoms. The molecule has 2 unspecified atom stereocenters. The highest BCUT2D eigenvalue weighted by atomic mass is 15.0. The third-order valence-corrected chi connectivity index (χ3v) is 3.19. The van der Waals surface area contributed by atoms with Crippen molar-refractivity contribution in [1.82, 2.24) is 4.98 Å². The lowest BCUT2D eigenvalue weighted by Crippen LogP contribution is -2.22. The van der Waals surface area contributed by atoms with Crippen LogP contribution < -0.4 is 5.32 Å². The first-order chi connectivity index (χ1) is 6.77. The molecule has 0 aromatic carbocycles. The highest BCUT2D eigenvalue weighted by Crippen LogP contribution is 2.27. The SMILES string of the molecule is Cc1cccnc1NC1CCCC1C. The normalized spacial score (nSPS) is 26.4. The third-order valence-electron chi connectivity index (χ3n) is 3.19. The number of rotatable bonds is 2. The summed E-state index contributed by atoms with van der Waals surface area (Å²) in [6.07, 6.45) is 5.85. The summed E-state index contributed by atoms with van der Waals surface area (Å²) in [7, 11) is 0. The van der Waals surface area contributed by atoms with Crippen LogP contribution in [0, 0.1) is 12.8 Å². The van der Waals surface area contributed by atoms with Gasteiger partial charge in [0.2, 0.25) is 0 Å². The average Bonchev–Trinajstić information content (AvgIpc) is 2.56. The fraction of sp³-hybridized carbons (Fsp3) is 0.583. The van der Waals surface area contributed by atoms with Crippen LogP contribution in [0.1, 0.15) is 31.7 Å². The Morgan fingerprint density at radius 1 is 1.43 bits per heavy atom. The second-order valence-electron chi connectivity index (χ2n) is 4.33. The van der Waals surface area contributed by atoms with Crippen LogP contribution in [0.4, 0.5) is 5.82 Å². The van der Waals surface area contributed by atoms with Crippen molar-refractivity contribution >= 4 is 5.82 Å². The zero-order valence-corrected chi connectivity index (χ0v) is 8.96. The Balaban J connectivity index is 2.07. The molecule has 0 amide bonds. The van der Waals surface area contributed by atoms with E-state index in [-0.39, 0.29) is 0 Å². The van der Waals surface area contributed by atoms with E-state index < -0.39 is 0 Å². The molecule has 0 bridgehead atoms. The van der Waals surface area contributed by atoms with Crippen molar-refractivity contribution < 1.29 is 0 Å². The van der Waals surface area contributed by atoms with Gasteiger partial charge in [0.15, 0.2) is 0 Å². The largest absolute Gasteiger partial charge is 0.367 e. The van der Waals surface area contributed by atoms with E-state index in [1.54, 1.807) is 0 Å². The zero-order chi connectivity index (χ0) is 9.97. The summed E-state index contributed by atoms with van der Waals surface area (Å²) in [5.74, 6) is 1.85. The van der Waals surface area contributed by atoms with E-state index in [0.717, 1.165) is 11.7 Å². The summed E-state index contributed by atoms with van der Waals surface area (Å²) in [6.45, 7) is 4.43. The lowest BCUT2D eigenvalue weighted by Gasteiger charge is -2.18. The maximum absolute atomic E-state index is 4.37. The molecule has 2 atom stereocenters. The van der Waals surface area contributed by atoms with E-state index in [4.69, 9.17) is 0 Å². The molecule has 1 heterocycles. The van der Waals surface area contributed by atoms with Crippen LogP contribution in [-0.4, -0.2) is 11.0 Å². The van der Waals surface area contributed by atoms with Crippen molar-refractivity contribution in [1.29, 1.82) is 0 Å². The molecule has 2 nitrogen and oxygen atoms in total. The molecule has 0 aliphatic heterocycles. The zero-order valence-electron chi connectivity index (χ0n) is 8.96. The third kappa shape index (κ3) is 1.89. The topological polar surface area (TPSA) is 24.9 Å². The second-order valence-corrected chi connectivity index (χ2v) is 4.33. The minimum Gasteiger partial charge on any atom is -0.367 e. The number of aromatic nitrogens is 1. The quantitative estimate of drug-likeness (QED) is 0.775. The predicted molar refractivity (Wildman–Crippen MR) is 59.4 cm³/mol. The first-order valence-corrected chi connectivity index (χ1v) is 5.45. The Bertz CT molecular complexity index is 309. The van der Waals surface area contributed by atoms with E-state index in [0.29, 0.717) is 6.04 Å². The molecule has 0 radical (unpaired) electrons. The maximum atomic E-state index is 4.37. The summed E-state index contributed by atoms with van der Waals surface area (Å²) in [5, 5.41) is 3.55. The van der Waals surface area contributed by atoms with E-state index in [2.05, 4.69) is 30.2 Å². The lowest BCUT2D eigenvalue weighted by atomic mass is 10.1. The van der Waals surface area contributed by atoms with Gasteiger partial charge in [0.25, 0.3) is 0 Å². The predicted octanol–water partition coefficient (Wildman–Crippen LogP) is 2.99. The molecule has 1 saturated carbocycles. The molecule has 76 valence electrons. The molecule has 1 fully saturated rings. The Labute approximate surface area is 85.7 Å². The highest BCUT2D eigenvalue weighted by molar-refractivity contribution is 5.43. The molecule has 0 spiro atoms. The van der Waals surface area contributed by atoms with Gasteiger partial charge >= 0.3 is 0 Å². The van der Waals surface area contributed by atoms with Gasteiger partial charge in [-0.15, -0.1) is 0 Å².